The van der Waals surface area contributed by atoms with Gasteiger partial charge in [0.2, 0.25) is 35.4 Å². The smallest absolute Gasteiger partial charge is 0.303 e. The molecule has 0 aromatic rings. The third kappa shape index (κ3) is 13.3. The monoisotopic (exact) mass is 543 g/mol. The molecular formula is C22H37N7O9. The predicted octanol–water partition coefficient (Wildman–Crippen LogP) is -3.85. The lowest BCUT2D eigenvalue weighted by molar-refractivity contribution is -0.138. The van der Waals surface area contributed by atoms with Crippen molar-refractivity contribution in [2.45, 2.75) is 89.6 Å². The van der Waals surface area contributed by atoms with Crippen LogP contribution >= 0.6 is 0 Å². The van der Waals surface area contributed by atoms with Crippen LogP contribution in [0.25, 0.3) is 0 Å². The molecule has 0 aliphatic rings. The largest absolute Gasteiger partial charge is 0.481 e. The predicted molar refractivity (Wildman–Crippen MR) is 132 cm³/mol. The Balaban J connectivity index is 5.20. The Morgan fingerprint density at radius 1 is 0.684 bits per heavy atom. The number of hydrogen-bond acceptors (Lipinski definition) is 9. The van der Waals surface area contributed by atoms with Gasteiger partial charge in [0, 0.05) is 12.8 Å². The van der Waals surface area contributed by atoms with Gasteiger partial charge in [0.15, 0.2) is 0 Å². The molecule has 0 fully saturated rings. The van der Waals surface area contributed by atoms with Crippen LogP contribution in [0, 0.1) is 0 Å². The summed E-state index contributed by atoms with van der Waals surface area (Å²) >= 11 is 0. The summed E-state index contributed by atoms with van der Waals surface area (Å²) in [5.74, 6) is -5.80. The van der Waals surface area contributed by atoms with E-state index in [1.165, 1.54) is 27.7 Å². The van der Waals surface area contributed by atoms with Crippen LogP contribution in [0.2, 0.25) is 0 Å². The first-order valence-corrected chi connectivity index (χ1v) is 11.8. The first-order chi connectivity index (χ1) is 17.6. The molecule has 0 bridgehead atoms. The molecule has 0 aromatic heterocycles. The lowest BCUT2D eigenvalue weighted by Crippen LogP contribution is -2.57. The van der Waals surface area contributed by atoms with Crippen LogP contribution < -0.4 is 38.1 Å². The van der Waals surface area contributed by atoms with Crippen molar-refractivity contribution in [2.24, 2.45) is 11.5 Å². The maximum atomic E-state index is 12.6. The minimum absolute atomic E-state index is 0.156. The molecule has 0 aromatic carbocycles. The molecule has 0 spiro atoms. The molecule has 0 aliphatic heterocycles. The molecule has 0 radical (unpaired) electrons. The summed E-state index contributed by atoms with van der Waals surface area (Å²) in [6.07, 6.45) is -0.621. The maximum Gasteiger partial charge on any atom is 0.303 e. The molecule has 16 heteroatoms. The summed E-state index contributed by atoms with van der Waals surface area (Å²) in [7, 11) is 0. The van der Waals surface area contributed by atoms with Crippen molar-refractivity contribution in [3.05, 3.63) is 0 Å². The van der Waals surface area contributed by atoms with E-state index in [0.717, 1.165) is 0 Å². The number of hydrogen-bond donors (Lipinski definition) is 8. The van der Waals surface area contributed by atoms with Gasteiger partial charge in [-0.25, -0.2) is 0 Å². The van der Waals surface area contributed by atoms with E-state index >= 15 is 0 Å². The highest BCUT2D eigenvalue weighted by Crippen LogP contribution is 2.02. The van der Waals surface area contributed by atoms with E-state index in [1.54, 1.807) is 0 Å². The number of aldehydes is 1. The lowest BCUT2D eigenvalue weighted by Gasteiger charge is -2.24. The van der Waals surface area contributed by atoms with E-state index in [-0.39, 0.29) is 19.3 Å². The second kappa shape index (κ2) is 16.6. The molecule has 6 atom stereocenters. The number of nitrogens with two attached hydrogens (primary N) is 2. The number of carboxylic acids is 1. The Labute approximate surface area is 219 Å². The second-order valence-corrected chi connectivity index (χ2v) is 8.74. The van der Waals surface area contributed by atoms with Gasteiger partial charge in [-0.2, -0.15) is 0 Å². The van der Waals surface area contributed by atoms with Gasteiger partial charge in [-0.1, -0.05) is 0 Å². The number of nitrogens with one attached hydrogen (secondary N) is 5. The molecule has 6 amide bonds. The van der Waals surface area contributed by atoms with Crippen molar-refractivity contribution in [3.8, 4) is 0 Å². The van der Waals surface area contributed by atoms with E-state index < -0.39 is 84.1 Å². The zero-order valence-electron chi connectivity index (χ0n) is 21.7. The molecule has 0 saturated carbocycles. The van der Waals surface area contributed by atoms with Gasteiger partial charge < -0.3 is 48.0 Å². The minimum Gasteiger partial charge on any atom is -0.481 e. The van der Waals surface area contributed by atoms with Gasteiger partial charge in [-0.05, 0) is 40.5 Å². The minimum atomic E-state index is -1.28. The van der Waals surface area contributed by atoms with Crippen LogP contribution in [0.5, 0.6) is 0 Å². The van der Waals surface area contributed by atoms with Crippen LogP contribution in [-0.4, -0.2) is 89.1 Å². The fourth-order valence-corrected chi connectivity index (χ4v) is 2.83. The third-order valence-corrected chi connectivity index (χ3v) is 5.08. The van der Waals surface area contributed by atoms with Crippen LogP contribution in [0.3, 0.4) is 0 Å². The molecule has 0 aliphatic carbocycles. The summed E-state index contributed by atoms with van der Waals surface area (Å²) in [6.45, 7) is 5.38. The average Bonchev–Trinajstić information content (AvgIpc) is 2.82. The number of carbonyl (C=O) groups is 8. The topological polar surface area (TPSA) is 269 Å². The molecule has 0 saturated heterocycles. The van der Waals surface area contributed by atoms with Crippen LogP contribution in [-0.2, 0) is 38.4 Å². The first kappa shape index (κ1) is 33.9. The molecular weight excluding hydrogens is 506 g/mol. The van der Waals surface area contributed by atoms with Crippen molar-refractivity contribution in [3.63, 3.8) is 0 Å². The quantitative estimate of drug-likeness (QED) is 0.0827. The number of primary amides is 1. The molecule has 38 heavy (non-hydrogen) atoms. The van der Waals surface area contributed by atoms with Crippen molar-refractivity contribution in [2.75, 3.05) is 0 Å². The van der Waals surface area contributed by atoms with Crippen LogP contribution in [0.1, 0.15) is 53.4 Å². The van der Waals surface area contributed by atoms with E-state index in [4.69, 9.17) is 16.6 Å². The van der Waals surface area contributed by atoms with Crippen molar-refractivity contribution in [1.82, 2.24) is 26.6 Å². The second-order valence-electron chi connectivity index (χ2n) is 8.74. The summed E-state index contributed by atoms with van der Waals surface area (Å²) in [6, 6.07) is -6.73. The Bertz CT molecular complexity index is 910. The third-order valence-electron chi connectivity index (χ3n) is 5.08. The van der Waals surface area contributed by atoms with E-state index in [0.29, 0.717) is 6.29 Å². The standard InChI is InChI=1S/C22H37N7O9/c1-10(9-30)25-21(37)14(5-7-16(24)31)29-20(36)13(4)26-19(35)12(3)27-22(38)15(6-8-17(32)33)28-18(34)11(2)23/h9-15H,5-8,23H2,1-4H3,(H2,24,31)(H,25,37)(H,26,35)(H,27,38)(H,28,34)(H,29,36)(H,32,33)/t10-,11-,12-,13-,14-,15-/m0/s1. The van der Waals surface area contributed by atoms with Gasteiger partial charge in [0.05, 0.1) is 12.1 Å². The fraction of sp³-hybridized carbons (Fsp3) is 0.636. The summed E-state index contributed by atoms with van der Waals surface area (Å²) in [4.78, 5) is 94.8. The van der Waals surface area contributed by atoms with E-state index in [2.05, 4.69) is 26.6 Å². The summed E-state index contributed by atoms with van der Waals surface area (Å²) in [5.41, 5.74) is 10.6. The Morgan fingerprint density at radius 2 is 1.11 bits per heavy atom. The summed E-state index contributed by atoms with van der Waals surface area (Å²) < 4.78 is 0. The first-order valence-electron chi connectivity index (χ1n) is 11.8. The SMILES string of the molecule is C[C@H](N)C(=O)N[C@@H](CCC(=O)O)C(=O)N[C@@H](C)C(=O)N[C@@H](C)C(=O)N[C@@H](CCC(N)=O)C(=O)N[C@@H](C)C=O. The van der Waals surface area contributed by atoms with Gasteiger partial charge in [0.1, 0.15) is 30.5 Å². The van der Waals surface area contributed by atoms with Gasteiger partial charge in [-0.3, -0.25) is 33.6 Å². The van der Waals surface area contributed by atoms with Crippen molar-refractivity contribution in [1.29, 1.82) is 0 Å². The number of amides is 6. The van der Waals surface area contributed by atoms with Crippen molar-refractivity contribution >= 4 is 47.7 Å². The van der Waals surface area contributed by atoms with Crippen LogP contribution in [0.15, 0.2) is 0 Å². The number of carboxylic acid groups (broad SMARTS) is 1. The van der Waals surface area contributed by atoms with Crippen LogP contribution in [0.4, 0.5) is 0 Å². The normalized spacial score (nSPS) is 15.3. The fourth-order valence-electron chi connectivity index (χ4n) is 2.83. The molecule has 0 heterocycles. The molecule has 0 rings (SSSR count). The summed E-state index contributed by atoms with van der Waals surface area (Å²) in [5, 5.41) is 20.6. The zero-order chi connectivity index (χ0) is 29.6. The van der Waals surface area contributed by atoms with Gasteiger partial charge >= 0.3 is 5.97 Å². The Hall–Kier alpha value is -4.08. The number of carbonyl (C=O) groups excluding carboxylic acids is 7. The Morgan fingerprint density at radius 3 is 1.55 bits per heavy atom. The lowest BCUT2D eigenvalue weighted by atomic mass is 10.1. The number of rotatable bonds is 17. The van der Waals surface area contributed by atoms with Crippen molar-refractivity contribution < 1.29 is 43.5 Å². The highest BCUT2D eigenvalue weighted by Gasteiger charge is 2.29. The molecule has 214 valence electrons. The molecule has 16 nitrogen and oxygen atoms in total. The van der Waals surface area contributed by atoms with E-state index in [9.17, 15) is 38.4 Å². The van der Waals surface area contributed by atoms with Gasteiger partial charge in [-0.15, -0.1) is 0 Å². The van der Waals surface area contributed by atoms with E-state index in [1.807, 2.05) is 0 Å². The van der Waals surface area contributed by atoms with Gasteiger partial charge in [0.25, 0.3) is 0 Å². The highest BCUT2D eigenvalue weighted by atomic mass is 16.4. The molecule has 10 N–H and O–H groups in total. The molecule has 0 unspecified atom stereocenters. The number of aliphatic carboxylic acids is 1. The Kier molecular flexibility index (Phi) is 14.8. The maximum absolute atomic E-state index is 12.6. The zero-order valence-corrected chi connectivity index (χ0v) is 21.7. The average molecular weight is 544 g/mol. The highest BCUT2D eigenvalue weighted by molar-refractivity contribution is 5.96.